The number of carbonyl (C=O) groups is 1. The van der Waals surface area contributed by atoms with Crippen LogP contribution in [0.15, 0.2) is 24.3 Å². The summed E-state index contributed by atoms with van der Waals surface area (Å²) < 4.78 is 4.94. The highest BCUT2D eigenvalue weighted by Gasteiger charge is 2.06. The Morgan fingerprint density at radius 3 is 3.00 bits per heavy atom. The van der Waals surface area contributed by atoms with Crippen LogP contribution in [0.3, 0.4) is 0 Å². The van der Waals surface area contributed by atoms with Crippen molar-refractivity contribution in [3.63, 3.8) is 0 Å². The Balaban J connectivity index is 2.44. The number of rotatable bonds is 4. The number of nitrogens with two attached hydrogens (primary N) is 1. The summed E-state index contributed by atoms with van der Waals surface area (Å²) in [6, 6.07) is 8.58. The fourth-order valence-electron chi connectivity index (χ4n) is 1.07. The fourth-order valence-corrected chi connectivity index (χ4v) is 1.07. The molecular weight excluding hydrogens is 192 g/mol. The Labute approximate surface area is 88.3 Å². The van der Waals surface area contributed by atoms with Crippen LogP contribution < -0.4 is 5.73 Å². The summed E-state index contributed by atoms with van der Waals surface area (Å²) in [5.74, 6) is -0.403. The summed E-state index contributed by atoms with van der Waals surface area (Å²) in [7, 11) is 0. The molecule has 0 saturated heterocycles. The van der Waals surface area contributed by atoms with Gasteiger partial charge in [-0.15, -0.1) is 0 Å². The van der Waals surface area contributed by atoms with Gasteiger partial charge < -0.3 is 10.5 Å². The van der Waals surface area contributed by atoms with Gasteiger partial charge in [-0.05, 0) is 24.6 Å². The molecule has 0 aliphatic heterocycles. The fraction of sp³-hybridized carbons (Fsp3) is 0.273. The van der Waals surface area contributed by atoms with Gasteiger partial charge in [0.1, 0.15) is 0 Å². The van der Waals surface area contributed by atoms with E-state index in [2.05, 4.69) is 0 Å². The Hall–Kier alpha value is -2.02. The number of hydrogen-bond acceptors (Lipinski definition) is 4. The van der Waals surface area contributed by atoms with Gasteiger partial charge >= 0.3 is 5.97 Å². The van der Waals surface area contributed by atoms with Crippen LogP contribution in [0, 0.1) is 11.3 Å². The molecule has 0 radical (unpaired) electrons. The van der Waals surface area contributed by atoms with E-state index in [4.69, 9.17) is 15.7 Å². The lowest BCUT2D eigenvalue weighted by Gasteiger charge is -2.03. The third-order valence-electron chi connectivity index (χ3n) is 1.79. The first-order valence-electron chi connectivity index (χ1n) is 4.63. The molecule has 0 heterocycles. The van der Waals surface area contributed by atoms with E-state index >= 15 is 0 Å². The van der Waals surface area contributed by atoms with Gasteiger partial charge in [-0.1, -0.05) is 6.07 Å². The number of nitriles is 1. The van der Waals surface area contributed by atoms with E-state index in [0.29, 0.717) is 24.1 Å². The molecule has 1 aromatic carbocycles. The summed E-state index contributed by atoms with van der Waals surface area (Å²) in [5, 5.41) is 8.28. The number of benzene rings is 1. The first-order valence-corrected chi connectivity index (χ1v) is 4.63. The standard InChI is InChI=1S/C11H12N2O2/c12-6-1-2-7-15-11(14)9-4-3-5-10(13)8-9/h3-5,8H,1-2,7,13H2. The summed E-state index contributed by atoms with van der Waals surface area (Å²) in [4.78, 5) is 11.4. The lowest BCUT2D eigenvalue weighted by atomic mass is 10.2. The number of hydrogen-bond donors (Lipinski definition) is 1. The maximum Gasteiger partial charge on any atom is 0.338 e. The van der Waals surface area contributed by atoms with Crippen molar-refractivity contribution >= 4 is 11.7 Å². The Bertz CT molecular complexity index is 382. The molecule has 0 bridgehead atoms. The van der Waals surface area contributed by atoms with Crippen LogP contribution in [-0.2, 0) is 4.74 Å². The number of nitrogen functional groups attached to an aromatic ring is 1. The normalized spacial score (nSPS) is 9.27. The zero-order valence-corrected chi connectivity index (χ0v) is 8.27. The zero-order valence-electron chi connectivity index (χ0n) is 8.27. The maximum atomic E-state index is 11.4. The quantitative estimate of drug-likeness (QED) is 0.460. The van der Waals surface area contributed by atoms with E-state index in [-0.39, 0.29) is 6.61 Å². The predicted molar refractivity (Wildman–Crippen MR) is 56.0 cm³/mol. The van der Waals surface area contributed by atoms with Gasteiger partial charge in [0.25, 0.3) is 0 Å². The third-order valence-corrected chi connectivity index (χ3v) is 1.79. The Morgan fingerprint density at radius 1 is 1.53 bits per heavy atom. The predicted octanol–water partition coefficient (Wildman–Crippen LogP) is 1.73. The van der Waals surface area contributed by atoms with Gasteiger partial charge in [0.2, 0.25) is 0 Å². The summed E-state index contributed by atoms with van der Waals surface area (Å²) in [5.41, 5.74) is 6.49. The summed E-state index contributed by atoms with van der Waals surface area (Å²) >= 11 is 0. The lowest BCUT2D eigenvalue weighted by molar-refractivity contribution is 0.0502. The Morgan fingerprint density at radius 2 is 2.33 bits per heavy atom. The van der Waals surface area contributed by atoms with Crippen LogP contribution in [0.2, 0.25) is 0 Å². The van der Waals surface area contributed by atoms with E-state index in [1.807, 2.05) is 6.07 Å². The molecule has 4 heteroatoms. The number of unbranched alkanes of at least 4 members (excludes halogenated alkanes) is 1. The van der Waals surface area contributed by atoms with E-state index in [9.17, 15) is 4.79 Å². The van der Waals surface area contributed by atoms with Gasteiger partial charge in [-0.2, -0.15) is 5.26 Å². The molecule has 4 nitrogen and oxygen atoms in total. The van der Waals surface area contributed by atoms with Crippen molar-refractivity contribution in [2.75, 3.05) is 12.3 Å². The van der Waals surface area contributed by atoms with Crippen LogP contribution in [0.1, 0.15) is 23.2 Å². The largest absolute Gasteiger partial charge is 0.462 e. The van der Waals surface area contributed by atoms with Crippen molar-refractivity contribution in [3.05, 3.63) is 29.8 Å². The topological polar surface area (TPSA) is 76.1 Å². The van der Waals surface area contributed by atoms with Gasteiger partial charge in [0.15, 0.2) is 0 Å². The molecule has 15 heavy (non-hydrogen) atoms. The van der Waals surface area contributed by atoms with Crippen molar-refractivity contribution in [1.82, 2.24) is 0 Å². The monoisotopic (exact) mass is 204 g/mol. The van der Waals surface area contributed by atoms with Crippen molar-refractivity contribution < 1.29 is 9.53 Å². The number of ether oxygens (including phenoxy) is 1. The molecule has 0 unspecified atom stereocenters. The second-order valence-corrected chi connectivity index (χ2v) is 3.02. The molecule has 0 aliphatic rings. The minimum Gasteiger partial charge on any atom is -0.462 e. The zero-order chi connectivity index (χ0) is 11.1. The van der Waals surface area contributed by atoms with E-state index in [1.165, 1.54) is 0 Å². The van der Waals surface area contributed by atoms with E-state index in [0.717, 1.165) is 0 Å². The van der Waals surface area contributed by atoms with Gasteiger partial charge in [-0.25, -0.2) is 4.79 Å². The van der Waals surface area contributed by atoms with E-state index in [1.54, 1.807) is 24.3 Å². The molecule has 0 saturated carbocycles. The molecule has 0 amide bonds. The van der Waals surface area contributed by atoms with Crippen molar-refractivity contribution in [2.45, 2.75) is 12.8 Å². The first-order chi connectivity index (χ1) is 7.24. The SMILES string of the molecule is N#CCCCOC(=O)c1cccc(N)c1. The lowest BCUT2D eigenvalue weighted by Crippen LogP contribution is -2.06. The van der Waals surface area contributed by atoms with Gasteiger partial charge in [0, 0.05) is 12.1 Å². The van der Waals surface area contributed by atoms with Gasteiger partial charge in [-0.3, -0.25) is 0 Å². The number of esters is 1. The minimum absolute atomic E-state index is 0.265. The van der Waals surface area contributed by atoms with Crippen LogP contribution in [0.5, 0.6) is 0 Å². The van der Waals surface area contributed by atoms with Gasteiger partial charge in [0.05, 0.1) is 18.2 Å². The Kier molecular flexibility index (Phi) is 4.17. The van der Waals surface area contributed by atoms with E-state index < -0.39 is 5.97 Å². The molecule has 2 N–H and O–H groups in total. The molecular formula is C11H12N2O2. The van der Waals surface area contributed by atoms with Crippen LogP contribution in [-0.4, -0.2) is 12.6 Å². The van der Waals surface area contributed by atoms with Crippen LogP contribution in [0.25, 0.3) is 0 Å². The smallest absolute Gasteiger partial charge is 0.338 e. The second kappa shape index (κ2) is 5.66. The van der Waals surface area contributed by atoms with Crippen molar-refractivity contribution in [3.8, 4) is 6.07 Å². The average Bonchev–Trinajstić information content (AvgIpc) is 2.24. The molecule has 0 aliphatic carbocycles. The highest BCUT2D eigenvalue weighted by atomic mass is 16.5. The molecule has 1 aromatic rings. The van der Waals surface area contributed by atoms with Crippen molar-refractivity contribution in [2.24, 2.45) is 0 Å². The van der Waals surface area contributed by atoms with Crippen molar-refractivity contribution in [1.29, 1.82) is 5.26 Å². The molecule has 78 valence electrons. The average molecular weight is 204 g/mol. The third kappa shape index (κ3) is 3.69. The molecule has 0 fully saturated rings. The van der Waals surface area contributed by atoms with Crippen LogP contribution >= 0.6 is 0 Å². The molecule has 0 aromatic heterocycles. The molecule has 0 atom stereocenters. The number of anilines is 1. The molecule has 1 rings (SSSR count). The first kappa shape index (κ1) is 11.1. The maximum absolute atomic E-state index is 11.4. The summed E-state index contributed by atoms with van der Waals surface area (Å²) in [6.07, 6.45) is 0.953. The van der Waals surface area contributed by atoms with Crippen LogP contribution in [0.4, 0.5) is 5.69 Å². The number of nitrogens with zero attached hydrogens (tertiary/aromatic N) is 1. The molecule has 0 spiro atoms. The minimum atomic E-state index is -0.403. The highest BCUT2D eigenvalue weighted by Crippen LogP contribution is 2.08. The second-order valence-electron chi connectivity index (χ2n) is 3.02. The summed E-state index contributed by atoms with van der Waals surface area (Å²) in [6.45, 7) is 0.265. The highest BCUT2D eigenvalue weighted by molar-refractivity contribution is 5.90. The number of carbonyl (C=O) groups excluding carboxylic acids is 1.